The highest BCUT2D eigenvalue weighted by atomic mass is 35.5. The van der Waals surface area contributed by atoms with E-state index in [0.29, 0.717) is 11.4 Å². The molecule has 0 aliphatic heterocycles. The van der Waals surface area contributed by atoms with E-state index >= 15 is 0 Å². The zero-order valence-electron chi connectivity index (χ0n) is 11.3. The van der Waals surface area contributed by atoms with Crippen LogP contribution in [0.1, 0.15) is 0 Å². The van der Waals surface area contributed by atoms with Crippen LogP contribution in [0.2, 0.25) is 5.02 Å². The minimum atomic E-state index is -0.535. The monoisotopic (exact) mass is 319 g/mol. The second kappa shape index (κ2) is 6.03. The second-order valence-electron chi connectivity index (χ2n) is 4.58. The molecule has 5 nitrogen and oxygen atoms in total. The molecule has 0 fully saturated rings. The summed E-state index contributed by atoms with van der Waals surface area (Å²) in [7, 11) is 0. The number of carbonyl (C=O) groups excluding carboxylic acids is 1. The first kappa shape index (κ1) is 14.3. The number of carbonyl (C=O) groups is 1. The summed E-state index contributed by atoms with van der Waals surface area (Å²) in [6.45, 7) is -0.203. The summed E-state index contributed by atoms with van der Waals surface area (Å²) >= 11 is 5.64. The number of amides is 1. The topological polar surface area (TPSA) is 67.0 Å². The summed E-state index contributed by atoms with van der Waals surface area (Å²) in [6.07, 6.45) is 1.67. The number of aromatic amines is 1. The van der Waals surface area contributed by atoms with E-state index in [4.69, 9.17) is 16.3 Å². The van der Waals surface area contributed by atoms with Crippen LogP contribution < -0.4 is 10.1 Å². The van der Waals surface area contributed by atoms with Gasteiger partial charge < -0.3 is 10.1 Å². The molecule has 0 aliphatic rings. The fourth-order valence-electron chi connectivity index (χ4n) is 1.93. The molecule has 3 rings (SSSR count). The Balaban J connectivity index is 1.60. The zero-order valence-corrected chi connectivity index (χ0v) is 12.0. The van der Waals surface area contributed by atoms with Gasteiger partial charge in [-0.05, 0) is 30.3 Å². The average molecular weight is 320 g/mol. The van der Waals surface area contributed by atoms with E-state index in [-0.39, 0.29) is 17.5 Å². The van der Waals surface area contributed by atoms with Crippen molar-refractivity contribution in [1.82, 2.24) is 10.2 Å². The summed E-state index contributed by atoms with van der Waals surface area (Å²) < 4.78 is 18.3. The molecular formula is C15H11ClFN3O2. The number of anilines is 1. The van der Waals surface area contributed by atoms with Gasteiger partial charge in [-0.1, -0.05) is 11.6 Å². The standard InChI is InChI=1S/C15H11ClFN3O2/c16-12-6-11(2-3-13(12)17)22-8-15(21)19-10-1-4-14-9(5-10)7-18-20-14/h1-7H,8H2,(H,18,20)(H,19,21). The third-order valence-electron chi connectivity index (χ3n) is 2.98. The van der Waals surface area contributed by atoms with Gasteiger partial charge in [0.2, 0.25) is 0 Å². The van der Waals surface area contributed by atoms with Gasteiger partial charge in [-0.15, -0.1) is 0 Å². The Morgan fingerprint density at radius 1 is 1.32 bits per heavy atom. The van der Waals surface area contributed by atoms with Gasteiger partial charge in [0.15, 0.2) is 6.61 Å². The fraction of sp³-hybridized carbons (Fsp3) is 0.0667. The van der Waals surface area contributed by atoms with E-state index in [2.05, 4.69) is 15.5 Å². The van der Waals surface area contributed by atoms with Gasteiger partial charge in [-0.2, -0.15) is 5.10 Å². The Labute approximate surface area is 130 Å². The minimum Gasteiger partial charge on any atom is -0.484 e. The lowest BCUT2D eigenvalue weighted by Crippen LogP contribution is -2.20. The number of nitrogens with zero attached hydrogens (tertiary/aromatic N) is 1. The largest absolute Gasteiger partial charge is 0.484 e. The van der Waals surface area contributed by atoms with Crippen molar-refractivity contribution in [2.75, 3.05) is 11.9 Å². The molecule has 0 atom stereocenters. The summed E-state index contributed by atoms with van der Waals surface area (Å²) in [4.78, 5) is 11.8. The molecule has 0 bridgehead atoms. The van der Waals surface area contributed by atoms with Crippen LogP contribution in [0.3, 0.4) is 0 Å². The Morgan fingerprint density at radius 2 is 2.18 bits per heavy atom. The molecule has 2 N–H and O–H groups in total. The first-order valence-corrected chi connectivity index (χ1v) is 6.80. The molecule has 0 saturated carbocycles. The van der Waals surface area contributed by atoms with Crippen molar-refractivity contribution < 1.29 is 13.9 Å². The first-order valence-electron chi connectivity index (χ1n) is 6.42. The van der Waals surface area contributed by atoms with Crippen molar-refractivity contribution in [2.45, 2.75) is 0 Å². The molecule has 7 heteroatoms. The molecule has 0 aliphatic carbocycles. The smallest absolute Gasteiger partial charge is 0.262 e. The highest BCUT2D eigenvalue weighted by molar-refractivity contribution is 6.30. The fourth-order valence-corrected chi connectivity index (χ4v) is 2.10. The maximum absolute atomic E-state index is 13.0. The van der Waals surface area contributed by atoms with Crippen molar-refractivity contribution in [3.8, 4) is 5.75 Å². The van der Waals surface area contributed by atoms with Crippen molar-refractivity contribution >= 4 is 34.1 Å². The molecule has 0 unspecified atom stereocenters. The highest BCUT2D eigenvalue weighted by Gasteiger charge is 2.07. The summed E-state index contributed by atoms with van der Waals surface area (Å²) in [5.41, 5.74) is 1.52. The van der Waals surface area contributed by atoms with Crippen LogP contribution in [0.15, 0.2) is 42.6 Å². The molecule has 112 valence electrons. The predicted molar refractivity (Wildman–Crippen MR) is 81.6 cm³/mol. The maximum Gasteiger partial charge on any atom is 0.262 e. The Kier molecular flexibility index (Phi) is 3.93. The second-order valence-corrected chi connectivity index (χ2v) is 4.99. The quantitative estimate of drug-likeness (QED) is 0.774. The molecule has 22 heavy (non-hydrogen) atoms. The van der Waals surface area contributed by atoms with E-state index in [1.165, 1.54) is 18.2 Å². The van der Waals surface area contributed by atoms with E-state index in [9.17, 15) is 9.18 Å². The van der Waals surface area contributed by atoms with Crippen LogP contribution in [-0.2, 0) is 4.79 Å². The number of ether oxygens (including phenoxy) is 1. The van der Waals surface area contributed by atoms with E-state index in [1.807, 2.05) is 6.07 Å². The number of nitrogens with one attached hydrogen (secondary N) is 2. The number of rotatable bonds is 4. The van der Waals surface area contributed by atoms with Crippen molar-refractivity contribution in [1.29, 1.82) is 0 Å². The van der Waals surface area contributed by atoms with Crippen molar-refractivity contribution in [3.05, 3.63) is 53.4 Å². The SMILES string of the molecule is O=C(COc1ccc(F)c(Cl)c1)Nc1ccc2[nH]ncc2c1. The molecule has 0 radical (unpaired) electrons. The highest BCUT2D eigenvalue weighted by Crippen LogP contribution is 2.21. The van der Waals surface area contributed by atoms with Gasteiger partial charge in [0, 0.05) is 17.1 Å². The van der Waals surface area contributed by atoms with Crippen LogP contribution in [0.5, 0.6) is 5.75 Å². The predicted octanol–water partition coefficient (Wildman–Crippen LogP) is 3.37. The van der Waals surface area contributed by atoms with Crippen molar-refractivity contribution in [3.63, 3.8) is 0 Å². The minimum absolute atomic E-state index is 0.0525. The van der Waals surface area contributed by atoms with E-state index in [1.54, 1.807) is 18.3 Å². The van der Waals surface area contributed by atoms with Gasteiger partial charge >= 0.3 is 0 Å². The Hall–Kier alpha value is -2.60. The van der Waals surface area contributed by atoms with Gasteiger partial charge in [0.1, 0.15) is 11.6 Å². The van der Waals surface area contributed by atoms with Gasteiger partial charge in [0.25, 0.3) is 5.91 Å². The van der Waals surface area contributed by atoms with Gasteiger partial charge in [-0.3, -0.25) is 9.89 Å². The number of benzene rings is 2. The zero-order chi connectivity index (χ0) is 15.5. The molecular weight excluding hydrogens is 309 g/mol. The average Bonchev–Trinajstić information content (AvgIpc) is 2.96. The van der Waals surface area contributed by atoms with Gasteiger partial charge in [0.05, 0.1) is 16.7 Å². The lowest BCUT2D eigenvalue weighted by atomic mass is 10.2. The van der Waals surface area contributed by atoms with E-state index < -0.39 is 5.82 Å². The first-order chi connectivity index (χ1) is 10.6. The Morgan fingerprint density at radius 3 is 3.00 bits per heavy atom. The molecule has 3 aromatic rings. The number of H-pyrrole nitrogens is 1. The van der Waals surface area contributed by atoms with Crippen LogP contribution in [-0.4, -0.2) is 22.7 Å². The number of fused-ring (bicyclic) bond motifs is 1. The maximum atomic E-state index is 13.0. The lowest BCUT2D eigenvalue weighted by molar-refractivity contribution is -0.118. The third kappa shape index (κ3) is 3.17. The van der Waals surface area contributed by atoms with Crippen LogP contribution in [0.25, 0.3) is 10.9 Å². The number of aromatic nitrogens is 2. The molecule has 1 amide bonds. The van der Waals surface area contributed by atoms with Crippen LogP contribution >= 0.6 is 11.6 Å². The van der Waals surface area contributed by atoms with Crippen molar-refractivity contribution in [2.24, 2.45) is 0 Å². The molecule has 0 spiro atoms. The van der Waals surface area contributed by atoms with Gasteiger partial charge in [-0.25, -0.2) is 4.39 Å². The Bertz CT molecular complexity index is 835. The summed E-state index contributed by atoms with van der Waals surface area (Å²) in [5, 5.41) is 10.3. The normalized spacial score (nSPS) is 10.6. The molecule has 1 aromatic heterocycles. The summed E-state index contributed by atoms with van der Waals surface area (Å²) in [6, 6.07) is 9.29. The number of halogens is 2. The number of hydrogen-bond acceptors (Lipinski definition) is 3. The molecule has 1 heterocycles. The van der Waals surface area contributed by atoms with Crippen LogP contribution in [0.4, 0.5) is 10.1 Å². The molecule has 0 saturated heterocycles. The van der Waals surface area contributed by atoms with Crippen LogP contribution in [0, 0.1) is 5.82 Å². The third-order valence-corrected chi connectivity index (χ3v) is 3.27. The molecule has 2 aromatic carbocycles. The van der Waals surface area contributed by atoms with E-state index in [0.717, 1.165) is 10.9 Å². The number of hydrogen-bond donors (Lipinski definition) is 2. The lowest BCUT2D eigenvalue weighted by Gasteiger charge is -2.08. The summed E-state index contributed by atoms with van der Waals surface area (Å²) in [5.74, 6) is -0.540.